The van der Waals surface area contributed by atoms with Crippen LogP contribution in [0.3, 0.4) is 0 Å². The molecule has 1 aromatic carbocycles. The number of ketones is 1. The highest BCUT2D eigenvalue weighted by molar-refractivity contribution is 5.81. The van der Waals surface area contributed by atoms with Crippen LogP contribution >= 0.6 is 0 Å². The molecule has 0 spiro atoms. The number of hydrogen-bond donors (Lipinski definition) is 1. The molecule has 0 fully saturated rings. The normalized spacial score (nSPS) is 10.2. The lowest BCUT2D eigenvalue weighted by atomic mass is 10.0. The molecular weight excluding hydrogens is 224 g/mol. The first-order valence-corrected chi connectivity index (χ1v) is 5.99. The Hall–Kier alpha value is -2.16. The van der Waals surface area contributed by atoms with Crippen LogP contribution in [0.2, 0.25) is 0 Å². The van der Waals surface area contributed by atoms with E-state index in [1.807, 2.05) is 36.4 Å². The summed E-state index contributed by atoms with van der Waals surface area (Å²) in [6, 6.07) is 11.4. The largest absolute Gasteiger partial charge is 0.399 e. The van der Waals surface area contributed by atoms with Crippen LogP contribution in [0, 0.1) is 0 Å². The number of Topliss-reactive ketones (excluding diaryl/α,β-unsaturated/α-hetero) is 1. The van der Waals surface area contributed by atoms with Gasteiger partial charge in [0.25, 0.3) is 0 Å². The van der Waals surface area contributed by atoms with Gasteiger partial charge in [0.2, 0.25) is 0 Å². The summed E-state index contributed by atoms with van der Waals surface area (Å²) in [6.45, 7) is 0. The van der Waals surface area contributed by atoms with Gasteiger partial charge in [-0.15, -0.1) is 0 Å². The maximum absolute atomic E-state index is 11.8. The molecule has 0 aliphatic carbocycles. The zero-order valence-corrected chi connectivity index (χ0v) is 10.2. The number of pyridine rings is 1. The van der Waals surface area contributed by atoms with E-state index in [1.165, 1.54) is 0 Å². The number of rotatable bonds is 5. The number of aryl methyl sites for hydroxylation is 1. The van der Waals surface area contributed by atoms with Crippen molar-refractivity contribution in [2.45, 2.75) is 19.3 Å². The first-order valence-electron chi connectivity index (χ1n) is 5.99. The number of carbonyl (C=O) groups is 1. The van der Waals surface area contributed by atoms with Crippen molar-refractivity contribution in [1.82, 2.24) is 4.98 Å². The van der Waals surface area contributed by atoms with Crippen molar-refractivity contribution in [3.63, 3.8) is 0 Å². The molecule has 0 saturated carbocycles. The van der Waals surface area contributed by atoms with Gasteiger partial charge in [0, 0.05) is 30.9 Å². The molecule has 2 rings (SSSR count). The zero-order valence-electron chi connectivity index (χ0n) is 10.2. The third kappa shape index (κ3) is 3.70. The standard InChI is InChI=1S/C15H16N2O/c16-14-4-1-12(2-5-14)3-6-15(18)11-13-7-9-17-10-8-13/h1-2,4-5,7-10H,3,6,11,16H2. The lowest BCUT2D eigenvalue weighted by molar-refractivity contribution is -0.118. The van der Waals surface area contributed by atoms with Crippen molar-refractivity contribution in [2.75, 3.05) is 5.73 Å². The van der Waals surface area contributed by atoms with Crippen molar-refractivity contribution in [3.05, 3.63) is 59.9 Å². The predicted molar refractivity (Wildman–Crippen MR) is 72.1 cm³/mol. The van der Waals surface area contributed by atoms with E-state index in [0.29, 0.717) is 12.8 Å². The molecule has 0 bridgehead atoms. The van der Waals surface area contributed by atoms with Crippen LogP contribution in [0.1, 0.15) is 17.5 Å². The third-order valence-corrected chi connectivity index (χ3v) is 2.82. The van der Waals surface area contributed by atoms with Gasteiger partial charge in [-0.05, 0) is 41.8 Å². The van der Waals surface area contributed by atoms with E-state index in [4.69, 9.17) is 5.73 Å². The number of nitrogens with zero attached hydrogens (tertiary/aromatic N) is 1. The molecular formula is C15H16N2O. The number of anilines is 1. The van der Waals surface area contributed by atoms with Crippen molar-refractivity contribution in [3.8, 4) is 0 Å². The number of aromatic nitrogens is 1. The quantitative estimate of drug-likeness (QED) is 0.816. The Morgan fingerprint density at radius 3 is 2.33 bits per heavy atom. The summed E-state index contributed by atoms with van der Waals surface area (Å²) < 4.78 is 0. The fourth-order valence-corrected chi connectivity index (χ4v) is 1.78. The highest BCUT2D eigenvalue weighted by atomic mass is 16.1. The molecule has 0 atom stereocenters. The van der Waals surface area contributed by atoms with Crippen LogP contribution in [-0.2, 0) is 17.6 Å². The topological polar surface area (TPSA) is 56.0 Å². The van der Waals surface area contributed by atoms with E-state index < -0.39 is 0 Å². The summed E-state index contributed by atoms with van der Waals surface area (Å²) in [6.07, 6.45) is 5.24. The number of carbonyl (C=O) groups excluding carboxylic acids is 1. The van der Waals surface area contributed by atoms with Gasteiger partial charge in [-0.1, -0.05) is 12.1 Å². The molecule has 92 valence electrons. The first kappa shape index (κ1) is 12.3. The van der Waals surface area contributed by atoms with Gasteiger partial charge in [-0.25, -0.2) is 0 Å². The zero-order chi connectivity index (χ0) is 12.8. The van der Waals surface area contributed by atoms with Gasteiger partial charge in [-0.2, -0.15) is 0 Å². The minimum absolute atomic E-state index is 0.248. The summed E-state index contributed by atoms with van der Waals surface area (Å²) in [7, 11) is 0. The van der Waals surface area contributed by atoms with E-state index >= 15 is 0 Å². The molecule has 3 nitrogen and oxygen atoms in total. The fraction of sp³-hybridized carbons (Fsp3) is 0.200. The number of nitrogens with two attached hydrogens (primary N) is 1. The summed E-state index contributed by atoms with van der Waals surface area (Å²) >= 11 is 0. The van der Waals surface area contributed by atoms with E-state index in [9.17, 15) is 4.79 Å². The van der Waals surface area contributed by atoms with Crippen LogP contribution in [-0.4, -0.2) is 10.8 Å². The van der Waals surface area contributed by atoms with Crippen LogP contribution in [0.4, 0.5) is 5.69 Å². The third-order valence-electron chi connectivity index (χ3n) is 2.82. The molecule has 18 heavy (non-hydrogen) atoms. The minimum Gasteiger partial charge on any atom is -0.399 e. The molecule has 0 aliphatic heterocycles. The maximum Gasteiger partial charge on any atom is 0.137 e. The SMILES string of the molecule is Nc1ccc(CCC(=O)Cc2ccncc2)cc1. The smallest absolute Gasteiger partial charge is 0.137 e. The van der Waals surface area contributed by atoms with Gasteiger partial charge in [0.15, 0.2) is 0 Å². The Kier molecular flexibility index (Phi) is 4.07. The number of benzene rings is 1. The van der Waals surface area contributed by atoms with E-state index in [1.54, 1.807) is 12.4 Å². The van der Waals surface area contributed by atoms with Crippen LogP contribution in [0.5, 0.6) is 0 Å². The van der Waals surface area contributed by atoms with Crippen molar-refractivity contribution < 1.29 is 4.79 Å². The van der Waals surface area contributed by atoms with Crippen molar-refractivity contribution in [1.29, 1.82) is 0 Å². The van der Waals surface area contributed by atoms with Crippen molar-refractivity contribution in [2.24, 2.45) is 0 Å². The van der Waals surface area contributed by atoms with Crippen molar-refractivity contribution >= 4 is 11.5 Å². The molecule has 0 amide bonds. The molecule has 0 aliphatic rings. The second-order valence-electron chi connectivity index (χ2n) is 4.31. The predicted octanol–water partition coefficient (Wildman–Crippen LogP) is 2.41. The van der Waals surface area contributed by atoms with Crippen LogP contribution in [0.25, 0.3) is 0 Å². The Balaban J connectivity index is 1.83. The van der Waals surface area contributed by atoms with E-state index in [-0.39, 0.29) is 5.78 Å². The van der Waals surface area contributed by atoms with Crippen LogP contribution < -0.4 is 5.73 Å². The highest BCUT2D eigenvalue weighted by Gasteiger charge is 2.04. The molecule has 0 radical (unpaired) electrons. The lowest BCUT2D eigenvalue weighted by Crippen LogP contribution is -2.04. The van der Waals surface area contributed by atoms with Crippen LogP contribution in [0.15, 0.2) is 48.8 Å². The highest BCUT2D eigenvalue weighted by Crippen LogP contribution is 2.09. The number of hydrogen-bond acceptors (Lipinski definition) is 3. The summed E-state index contributed by atoms with van der Waals surface area (Å²) in [5.74, 6) is 0.248. The van der Waals surface area contributed by atoms with E-state index in [2.05, 4.69) is 4.98 Å². The van der Waals surface area contributed by atoms with Gasteiger partial charge in [-0.3, -0.25) is 9.78 Å². The maximum atomic E-state index is 11.8. The molecule has 2 aromatic rings. The Bertz CT molecular complexity index is 506. The summed E-state index contributed by atoms with van der Waals surface area (Å²) in [5, 5.41) is 0. The molecule has 1 aromatic heterocycles. The monoisotopic (exact) mass is 240 g/mol. The average molecular weight is 240 g/mol. The van der Waals surface area contributed by atoms with Gasteiger partial charge in [0.05, 0.1) is 0 Å². The van der Waals surface area contributed by atoms with Gasteiger partial charge < -0.3 is 5.73 Å². The Morgan fingerprint density at radius 1 is 1.00 bits per heavy atom. The molecule has 3 heteroatoms. The van der Waals surface area contributed by atoms with E-state index in [0.717, 1.165) is 23.2 Å². The fourth-order valence-electron chi connectivity index (χ4n) is 1.78. The second-order valence-corrected chi connectivity index (χ2v) is 4.31. The second kappa shape index (κ2) is 5.96. The Labute approximate surface area is 107 Å². The van der Waals surface area contributed by atoms with Gasteiger partial charge >= 0.3 is 0 Å². The number of nitrogen functional groups attached to an aromatic ring is 1. The molecule has 2 N–H and O–H groups in total. The molecule has 0 saturated heterocycles. The minimum atomic E-state index is 0.248. The molecule has 0 unspecified atom stereocenters. The lowest BCUT2D eigenvalue weighted by Gasteiger charge is -2.02. The van der Waals surface area contributed by atoms with Gasteiger partial charge in [0.1, 0.15) is 5.78 Å². The average Bonchev–Trinajstić information content (AvgIpc) is 2.39. The summed E-state index contributed by atoms with van der Waals surface area (Å²) in [5.41, 5.74) is 8.53. The first-order chi connectivity index (χ1) is 8.74. The molecule has 1 heterocycles. The Morgan fingerprint density at radius 2 is 1.67 bits per heavy atom. The summed E-state index contributed by atoms with van der Waals surface area (Å²) in [4.78, 5) is 15.7.